The quantitative estimate of drug-likeness (QED) is 0.588. The molecule has 1 heterocycles. The fraction of sp³-hybridized carbons (Fsp3) is 0.214. The number of methoxy groups -OCH3 is 1. The molecule has 0 aromatic carbocycles. The van der Waals surface area contributed by atoms with Gasteiger partial charge in [-0.25, -0.2) is 4.79 Å². The smallest absolute Gasteiger partial charge is 0.333 e. The molecule has 4 heteroatoms. The van der Waals surface area contributed by atoms with Crippen LogP contribution in [0.25, 0.3) is 6.08 Å². The van der Waals surface area contributed by atoms with Gasteiger partial charge in [-0.1, -0.05) is 0 Å². The van der Waals surface area contributed by atoms with E-state index < -0.39 is 5.97 Å². The number of ketones is 1. The first-order valence-electron chi connectivity index (χ1n) is 5.64. The van der Waals surface area contributed by atoms with Gasteiger partial charge < -0.3 is 4.74 Å². The van der Waals surface area contributed by atoms with Crippen LogP contribution in [0.5, 0.6) is 0 Å². The molecule has 0 radical (unpaired) electrons. The molecule has 0 N–H and O–H groups in total. The molecule has 1 aromatic heterocycles. The highest BCUT2D eigenvalue weighted by molar-refractivity contribution is 6.12. The highest BCUT2D eigenvalue weighted by atomic mass is 16.5. The van der Waals surface area contributed by atoms with Gasteiger partial charge in [-0.2, -0.15) is 0 Å². The van der Waals surface area contributed by atoms with Crippen molar-refractivity contribution in [2.45, 2.75) is 12.8 Å². The molecule has 0 amide bonds. The van der Waals surface area contributed by atoms with Crippen molar-refractivity contribution in [2.24, 2.45) is 0 Å². The summed E-state index contributed by atoms with van der Waals surface area (Å²) in [6.07, 6.45) is 7.64. The van der Waals surface area contributed by atoms with E-state index in [2.05, 4.69) is 9.72 Å². The summed E-state index contributed by atoms with van der Waals surface area (Å²) in [5.74, 6) is -0.551. The molecule has 1 aliphatic carbocycles. The Morgan fingerprint density at radius 2 is 2.06 bits per heavy atom. The first-order valence-corrected chi connectivity index (χ1v) is 5.64. The Morgan fingerprint density at radius 3 is 2.67 bits per heavy atom. The fourth-order valence-electron chi connectivity index (χ4n) is 1.81. The molecule has 1 aromatic rings. The molecule has 0 saturated carbocycles. The zero-order valence-corrected chi connectivity index (χ0v) is 10.1. The van der Waals surface area contributed by atoms with Crippen LogP contribution in [0.15, 0.2) is 41.7 Å². The van der Waals surface area contributed by atoms with Crippen molar-refractivity contribution >= 4 is 17.8 Å². The second kappa shape index (κ2) is 5.40. The van der Waals surface area contributed by atoms with Crippen LogP contribution in [0.4, 0.5) is 0 Å². The molecule has 1 aliphatic rings. The molecule has 4 nitrogen and oxygen atoms in total. The minimum absolute atomic E-state index is 0.126. The van der Waals surface area contributed by atoms with Gasteiger partial charge >= 0.3 is 5.97 Å². The number of allylic oxidation sites excluding steroid dienone is 2. The van der Waals surface area contributed by atoms with E-state index >= 15 is 0 Å². The molecule has 0 bridgehead atoms. The SMILES string of the molecule is COC(=O)C1=CC(=O)/C(=C/c2ccncc2)CC1. The maximum Gasteiger partial charge on any atom is 0.333 e. The Morgan fingerprint density at radius 1 is 1.33 bits per heavy atom. The lowest BCUT2D eigenvalue weighted by Gasteiger charge is -2.12. The van der Waals surface area contributed by atoms with Crippen LogP contribution < -0.4 is 0 Å². The Hall–Kier alpha value is -2.23. The van der Waals surface area contributed by atoms with E-state index in [1.54, 1.807) is 12.4 Å². The van der Waals surface area contributed by atoms with Gasteiger partial charge in [0.1, 0.15) is 0 Å². The van der Waals surface area contributed by atoms with E-state index in [0.717, 1.165) is 5.56 Å². The number of rotatable bonds is 2. The third-order valence-corrected chi connectivity index (χ3v) is 2.78. The molecule has 92 valence electrons. The number of carbonyl (C=O) groups is 2. The van der Waals surface area contributed by atoms with Gasteiger partial charge in [0.05, 0.1) is 7.11 Å². The van der Waals surface area contributed by atoms with E-state index in [9.17, 15) is 9.59 Å². The lowest BCUT2D eigenvalue weighted by molar-refractivity contribution is -0.136. The van der Waals surface area contributed by atoms with Crippen molar-refractivity contribution in [1.82, 2.24) is 4.98 Å². The molecule has 0 atom stereocenters. The Bertz CT molecular complexity index is 529. The highest BCUT2D eigenvalue weighted by Gasteiger charge is 2.20. The largest absolute Gasteiger partial charge is 0.466 e. The van der Waals surface area contributed by atoms with Crippen LogP contribution in [0, 0.1) is 0 Å². The topological polar surface area (TPSA) is 56.3 Å². The number of hydrogen-bond donors (Lipinski definition) is 0. The van der Waals surface area contributed by atoms with E-state index in [1.165, 1.54) is 13.2 Å². The molecule has 0 spiro atoms. The van der Waals surface area contributed by atoms with Gasteiger partial charge in [0, 0.05) is 23.5 Å². The van der Waals surface area contributed by atoms with E-state index in [0.29, 0.717) is 24.0 Å². The van der Waals surface area contributed by atoms with Crippen LogP contribution in [-0.4, -0.2) is 23.8 Å². The average Bonchev–Trinajstić information content (AvgIpc) is 2.41. The summed E-state index contributed by atoms with van der Waals surface area (Å²) < 4.78 is 4.60. The first kappa shape index (κ1) is 12.2. The number of aromatic nitrogens is 1. The molecular weight excluding hydrogens is 230 g/mol. The summed E-state index contributed by atoms with van der Waals surface area (Å²) in [6, 6.07) is 3.67. The van der Waals surface area contributed by atoms with Crippen LogP contribution >= 0.6 is 0 Å². The molecule has 0 fully saturated rings. The number of pyridine rings is 1. The molecule has 0 aliphatic heterocycles. The second-order valence-corrected chi connectivity index (χ2v) is 3.98. The monoisotopic (exact) mass is 243 g/mol. The standard InChI is InChI=1S/C14H13NO3/c1-18-14(17)12-3-2-11(13(16)9-12)8-10-4-6-15-7-5-10/h4-9H,2-3H2,1H3/b11-8+. The van der Waals surface area contributed by atoms with Crippen LogP contribution in [0.3, 0.4) is 0 Å². The lowest BCUT2D eigenvalue weighted by atomic mass is 9.92. The third kappa shape index (κ3) is 2.71. The normalized spacial score (nSPS) is 17.5. The Balaban J connectivity index is 2.20. The Labute approximate surface area is 105 Å². The molecular formula is C14H13NO3. The summed E-state index contributed by atoms with van der Waals surface area (Å²) in [5, 5.41) is 0. The van der Waals surface area contributed by atoms with Crippen molar-refractivity contribution < 1.29 is 14.3 Å². The highest BCUT2D eigenvalue weighted by Crippen LogP contribution is 2.23. The fourth-order valence-corrected chi connectivity index (χ4v) is 1.81. The molecule has 0 saturated heterocycles. The molecule has 18 heavy (non-hydrogen) atoms. The predicted molar refractivity (Wildman–Crippen MR) is 66.6 cm³/mol. The van der Waals surface area contributed by atoms with Crippen LogP contribution in [-0.2, 0) is 14.3 Å². The lowest BCUT2D eigenvalue weighted by Crippen LogP contribution is -2.14. The first-order chi connectivity index (χ1) is 8.70. The number of nitrogens with zero attached hydrogens (tertiary/aromatic N) is 1. The maximum absolute atomic E-state index is 11.9. The molecule has 2 rings (SSSR count). The van der Waals surface area contributed by atoms with Crippen LogP contribution in [0.1, 0.15) is 18.4 Å². The minimum atomic E-state index is -0.425. The number of esters is 1. The summed E-state index contributed by atoms with van der Waals surface area (Å²) in [7, 11) is 1.32. The van der Waals surface area contributed by atoms with Crippen molar-refractivity contribution in [3.8, 4) is 0 Å². The Kier molecular flexibility index (Phi) is 3.67. The summed E-state index contributed by atoms with van der Waals surface area (Å²) >= 11 is 0. The summed E-state index contributed by atoms with van der Waals surface area (Å²) in [6.45, 7) is 0. The van der Waals surface area contributed by atoms with E-state index in [4.69, 9.17) is 0 Å². The van der Waals surface area contributed by atoms with E-state index in [1.807, 2.05) is 18.2 Å². The van der Waals surface area contributed by atoms with Gasteiger partial charge in [-0.15, -0.1) is 0 Å². The van der Waals surface area contributed by atoms with Gasteiger partial charge in [0.25, 0.3) is 0 Å². The minimum Gasteiger partial charge on any atom is -0.466 e. The third-order valence-electron chi connectivity index (χ3n) is 2.78. The van der Waals surface area contributed by atoms with Gasteiger partial charge in [-0.05, 0) is 42.7 Å². The second-order valence-electron chi connectivity index (χ2n) is 3.98. The zero-order chi connectivity index (χ0) is 13.0. The van der Waals surface area contributed by atoms with Gasteiger partial charge in [0.15, 0.2) is 5.78 Å². The number of hydrogen-bond acceptors (Lipinski definition) is 4. The van der Waals surface area contributed by atoms with Crippen molar-refractivity contribution in [1.29, 1.82) is 0 Å². The maximum atomic E-state index is 11.9. The van der Waals surface area contributed by atoms with Gasteiger partial charge in [0.2, 0.25) is 0 Å². The van der Waals surface area contributed by atoms with Crippen molar-refractivity contribution in [2.75, 3.05) is 7.11 Å². The van der Waals surface area contributed by atoms with Crippen molar-refractivity contribution in [3.05, 3.63) is 47.3 Å². The van der Waals surface area contributed by atoms with Crippen molar-refractivity contribution in [3.63, 3.8) is 0 Å². The predicted octanol–water partition coefficient (Wildman–Crippen LogP) is 1.93. The van der Waals surface area contributed by atoms with Gasteiger partial charge in [-0.3, -0.25) is 9.78 Å². The average molecular weight is 243 g/mol. The zero-order valence-electron chi connectivity index (χ0n) is 10.1. The number of carbonyl (C=O) groups excluding carboxylic acids is 2. The number of ether oxygens (including phenoxy) is 1. The van der Waals surface area contributed by atoms with Crippen LogP contribution in [0.2, 0.25) is 0 Å². The summed E-state index contributed by atoms with van der Waals surface area (Å²) in [4.78, 5) is 27.1. The molecule has 0 unspecified atom stereocenters. The van der Waals surface area contributed by atoms with E-state index in [-0.39, 0.29) is 5.78 Å². The summed E-state index contributed by atoms with van der Waals surface area (Å²) in [5.41, 5.74) is 2.08.